The molecule has 0 bridgehead atoms. The zero-order chi connectivity index (χ0) is 19.1. The second kappa shape index (κ2) is 6.61. The highest BCUT2D eigenvalue weighted by molar-refractivity contribution is 6.07. The quantitative estimate of drug-likeness (QED) is 0.714. The molecule has 1 aliphatic rings. The van der Waals surface area contributed by atoms with Gasteiger partial charge in [0.1, 0.15) is 29.0 Å². The van der Waals surface area contributed by atoms with E-state index in [1.165, 1.54) is 18.2 Å². The third kappa shape index (κ3) is 3.12. The van der Waals surface area contributed by atoms with Gasteiger partial charge in [0.05, 0.1) is 12.3 Å². The lowest BCUT2D eigenvalue weighted by Gasteiger charge is -2.13. The zero-order valence-corrected chi connectivity index (χ0v) is 15.4. The smallest absolute Gasteiger partial charge is 0.291 e. The van der Waals surface area contributed by atoms with E-state index in [0.29, 0.717) is 34.6 Å². The normalized spacial score (nSPS) is 15.5. The monoisotopic (exact) mass is 369 g/mol. The van der Waals surface area contributed by atoms with Crippen molar-refractivity contribution >= 4 is 22.6 Å². The summed E-state index contributed by atoms with van der Waals surface area (Å²) in [7, 11) is 0. The first-order valence-corrected chi connectivity index (χ1v) is 8.92. The Kier molecular flexibility index (Phi) is 4.26. The fourth-order valence-corrected chi connectivity index (χ4v) is 3.40. The van der Waals surface area contributed by atoms with Crippen molar-refractivity contribution in [2.75, 3.05) is 11.9 Å². The van der Waals surface area contributed by atoms with Crippen molar-refractivity contribution in [2.45, 2.75) is 33.3 Å². The maximum Gasteiger partial charge on any atom is 0.291 e. The van der Waals surface area contributed by atoms with Gasteiger partial charge in [0.2, 0.25) is 0 Å². The Balaban J connectivity index is 1.69. The van der Waals surface area contributed by atoms with Gasteiger partial charge in [-0.15, -0.1) is 0 Å². The van der Waals surface area contributed by atoms with Crippen LogP contribution in [0.3, 0.4) is 0 Å². The van der Waals surface area contributed by atoms with Crippen LogP contribution in [-0.2, 0) is 6.42 Å². The molecule has 0 fully saturated rings. The fourth-order valence-electron chi connectivity index (χ4n) is 3.40. The Hall–Kier alpha value is -3.02. The van der Waals surface area contributed by atoms with Crippen molar-refractivity contribution in [3.8, 4) is 11.5 Å². The van der Waals surface area contributed by atoms with E-state index >= 15 is 0 Å². The lowest BCUT2D eigenvalue weighted by Crippen LogP contribution is -2.13. The van der Waals surface area contributed by atoms with Gasteiger partial charge < -0.3 is 19.2 Å². The average molecular weight is 369 g/mol. The van der Waals surface area contributed by atoms with Crippen molar-refractivity contribution in [3.05, 3.63) is 53.0 Å². The first-order chi connectivity index (χ1) is 13.0. The summed E-state index contributed by atoms with van der Waals surface area (Å²) in [5.74, 6) is 0.678. The molecule has 6 heteroatoms. The molecule has 3 aromatic rings. The highest BCUT2D eigenvalue weighted by Gasteiger charge is 2.24. The fraction of sp³-hybridized carbons (Fsp3) is 0.286. The molecule has 140 valence electrons. The number of anilines is 1. The maximum atomic E-state index is 13.5. The summed E-state index contributed by atoms with van der Waals surface area (Å²) in [6, 6.07) is 7.86. The summed E-state index contributed by atoms with van der Waals surface area (Å²) in [5, 5.41) is 3.42. The first-order valence-electron chi connectivity index (χ1n) is 8.92. The van der Waals surface area contributed by atoms with Crippen LogP contribution in [-0.4, -0.2) is 18.6 Å². The molecule has 0 saturated carbocycles. The van der Waals surface area contributed by atoms with Crippen molar-refractivity contribution in [1.82, 2.24) is 0 Å². The number of hydrogen-bond acceptors (Lipinski definition) is 4. The topological polar surface area (TPSA) is 60.7 Å². The second-order valence-corrected chi connectivity index (χ2v) is 6.67. The van der Waals surface area contributed by atoms with Crippen LogP contribution in [0.5, 0.6) is 11.5 Å². The minimum atomic E-state index is -0.420. The molecule has 4 rings (SSSR count). The summed E-state index contributed by atoms with van der Waals surface area (Å²) in [6.07, 6.45) is 0.894. The van der Waals surface area contributed by atoms with E-state index in [1.807, 2.05) is 19.9 Å². The SMILES string of the molecule is CCOc1cc2c(cc1NC(=O)c1oc3ccc(F)cc3c1C)O[C@@H](C)C2. The van der Waals surface area contributed by atoms with E-state index in [1.54, 1.807) is 13.0 Å². The number of carbonyl (C=O) groups is 1. The third-order valence-corrected chi connectivity index (χ3v) is 4.65. The molecule has 0 saturated heterocycles. The molecule has 27 heavy (non-hydrogen) atoms. The number of benzene rings is 2. The van der Waals surface area contributed by atoms with E-state index in [4.69, 9.17) is 13.9 Å². The Morgan fingerprint density at radius 3 is 2.93 bits per heavy atom. The number of aryl methyl sites for hydroxylation is 1. The van der Waals surface area contributed by atoms with E-state index in [2.05, 4.69) is 5.32 Å². The number of fused-ring (bicyclic) bond motifs is 2. The van der Waals surface area contributed by atoms with Crippen molar-refractivity contribution in [1.29, 1.82) is 0 Å². The molecule has 1 aromatic heterocycles. The lowest BCUT2D eigenvalue weighted by molar-refractivity contribution is 0.0997. The second-order valence-electron chi connectivity index (χ2n) is 6.67. The molecule has 0 radical (unpaired) electrons. The molecular formula is C21H20FNO4. The molecule has 2 aromatic carbocycles. The van der Waals surface area contributed by atoms with E-state index in [-0.39, 0.29) is 17.7 Å². The minimum Gasteiger partial charge on any atom is -0.492 e. The molecule has 0 spiro atoms. The zero-order valence-electron chi connectivity index (χ0n) is 15.4. The van der Waals surface area contributed by atoms with Crippen LogP contribution in [0, 0.1) is 12.7 Å². The van der Waals surface area contributed by atoms with Gasteiger partial charge in [-0.25, -0.2) is 4.39 Å². The van der Waals surface area contributed by atoms with Gasteiger partial charge in [-0.3, -0.25) is 4.79 Å². The standard InChI is InChI=1S/C21H20FNO4/c1-4-25-19-8-13-7-11(2)26-18(13)10-16(19)23-21(24)20-12(3)15-9-14(22)5-6-17(15)27-20/h5-6,8-11H,4,7H2,1-3H3,(H,23,24)/t11-/m0/s1. The molecule has 1 atom stereocenters. The van der Waals surface area contributed by atoms with Crippen LogP contribution < -0.4 is 14.8 Å². The van der Waals surface area contributed by atoms with Crippen molar-refractivity contribution in [3.63, 3.8) is 0 Å². The number of nitrogens with one attached hydrogen (secondary N) is 1. The van der Waals surface area contributed by atoms with Gasteiger partial charge in [0, 0.05) is 29.0 Å². The van der Waals surface area contributed by atoms with Crippen LogP contribution in [0.1, 0.15) is 35.5 Å². The molecule has 0 aliphatic carbocycles. The van der Waals surface area contributed by atoms with E-state index < -0.39 is 5.91 Å². The highest BCUT2D eigenvalue weighted by Crippen LogP contribution is 2.38. The highest BCUT2D eigenvalue weighted by atomic mass is 19.1. The molecule has 2 heterocycles. The van der Waals surface area contributed by atoms with Crippen LogP contribution in [0.25, 0.3) is 11.0 Å². The van der Waals surface area contributed by atoms with Gasteiger partial charge in [-0.05, 0) is 45.0 Å². The number of furan rings is 1. The van der Waals surface area contributed by atoms with Crippen LogP contribution >= 0.6 is 0 Å². The number of rotatable bonds is 4. The Bertz CT molecular complexity index is 1040. The summed E-state index contributed by atoms with van der Waals surface area (Å²) in [6.45, 7) is 6.09. The number of amides is 1. The predicted octanol–water partition coefficient (Wildman–Crippen LogP) is 4.85. The van der Waals surface area contributed by atoms with Crippen LogP contribution in [0.2, 0.25) is 0 Å². The Morgan fingerprint density at radius 1 is 1.33 bits per heavy atom. The molecule has 1 N–H and O–H groups in total. The molecule has 5 nitrogen and oxygen atoms in total. The first kappa shape index (κ1) is 17.4. The van der Waals surface area contributed by atoms with Gasteiger partial charge in [0.15, 0.2) is 5.76 Å². The van der Waals surface area contributed by atoms with Gasteiger partial charge in [-0.2, -0.15) is 0 Å². The third-order valence-electron chi connectivity index (χ3n) is 4.65. The summed E-state index contributed by atoms with van der Waals surface area (Å²) < 4.78 is 30.6. The summed E-state index contributed by atoms with van der Waals surface area (Å²) in [4.78, 5) is 12.8. The Morgan fingerprint density at radius 2 is 2.15 bits per heavy atom. The summed E-state index contributed by atoms with van der Waals surface area (Å²) >= 11 is 0. The number of carbonyl (C=O) groups excluding carboxylic acids is 1. The largest absolute Gasteiger partial charge is 0.492 e. The molecular weight excluding hydrogens is 349 g/mol. The van der Waals surface area contributed by atoms with Crippen LogP contribution in [0.4, 0.5) is 10.1 Å². The Labute approximate surface area is 156 Å². The van der Waals surface area contributed by atoms with Gasteiger partial charge in [0.25, 0.3) is 5.91 Å². The molecule has 0 unspecified atom stereocenters. The minimum absolute atomic E-state index is 0.0907. The van der Waals surface area contributed by atoms with E-state index in [0.717, 1.165) is 17.7 Å². The maximum absolute atomic E-state index is 13.5. The van der Waals surface area contributed by atoms with Gasteiger partial charge in [-0.1, -0.05) is 0 Å². The van der Waals surface area contributed by atoms with Crippen LogP contribution in [0.15, 0.2) is 34.7 Å². The number of hydrogen-bond donors (Lipinski definition) is 1. The van der Waals surface area contributed by atoms with Crippen molar-refractivity contribution in [2.24, 2.45) is 0 Å². The molecule has 1 aliphatic heterocycles. The number of ether oxygens (including phenoxy) is 2. The average Bonchev–Trinajstić information content (AvgIpc) is 3.14. The van der Waals surface area contributed by atoms with E-state index in [9.17, 15) is 9.18 Å². The lowest BCUT2D eigenvalue weighted by atomic mass is 10.1. The summed E-state index contributed by atoms with van der Waals surface area (Å²) in [5.41, 5.74) is 2.63. The van der Waals surface area contributed by atoms with Crippen molar-refractivity contribution < 1.29 is 23.1 Å². The number of halogens is 1. The predicted molar refractivity (Wildman–Crippen MR) is 100 cm³/mol. The molecule has 1 amide bonds. The van der Waals surface area contributed by atoms with Gasteiger partial charge >= 0.3 is 0 Å².